The van der Waals surface area contributed by atoms with Crippen LogP contribution in [-0.2, 0) is 0 Å². The molecule has 3 heteroatoms. The minimum atomic E-state index is -2.33. The normalized spacial score (nSPS) is 38.4. The van der Waals surface area contributed by atoms with E-state index in [0.717, 1.165) is 19.5 Å². The summed E-state index contributed by atoms with van der Waals surface area (Å²) in [6.07, 6.45) is 0.855. The number of hydrogen-bond donors (Lipinski definition) is 1. The molecule has 10 heavy (non-hydrogen) atoms. The van der Waals surface area contributed by atoms with E-state index in [4.69, 9.17) is 0 Å². The number of hydrogen-bond acceptors (Lipinski definition) is 1. The third kappa shape index (κ3) is 0.764. The SMILES string of the molecule is FC1(F)CCC1C1CNC1. The zero-order valence-corrected chi connectivity index (χ0v) is 5.74. The Morgan fingerprint density at radius 1 is 1.30 bits per heavy atom. The zero-order chi connectivity index (χ0) is 7.19. The molecule has 2 fully saturated rings. The van der Waals surface area contributed by atoms with Crippen LogP contribution in [0.2, 0.25) is 0 Å². The van der Waals surface area contributed by atoms with Crippen LogP contribution in [0.15, 0.2) is 0 Å². The third-order valence-electron chi connectivity index (χ3n) is 2.71. The molecule has 1 heterocycles. The van der Waals surface area contributed by atoms with Crippen molar-refractivity contribution in [3.05, 3.63) is 0 Å². The first-order valence-electron chi connectivity index (χ1n) is 3.79. The highest BCUT2D eigenvalue weighted by Gasteiger charge is 2.52. The van der Waals surface area contributed by atoms with Crippen molar-refractivity contribution in [1.82, 2.24) is 5.32 Å². The average Bonchev–Trinajstić information content (AvgIpc) is 1.76. The van der Waals surface area contributed by atoms with Gasteiger partial charge in [-0.1, -0.05) is 0 Å². The Morgan fingerprint density at radius 2 is 2.00 bits per heavy atom. The van der Waals surface area contributed by atoms with Crippen LogP contribution < -0.4 is 5.32 Å². The molecule has 0 bridgehead atoms. The van der Waals surface area contributed by atoms with Gasteiger partial charge in [-0.25, -0.2) is 8.78 Å². The maximum Gasteiger partial charge on any atom is 0.251 e. The van der Waals surface area contributed by atoms with Crippen molar-refractivity contribution in [1.29, 1.82) is 0 Å². The molecule has 1 unspecified atom stereocenters. The first-order chi connectivity index (χ1) is 4.70. The Kier molecular flexibility index (Phi) is 1.24. The lowest BCUT2D eigenvalue weighted by molar-refractivity contribution is -0.160. The van der Waals surface area contributed by atoms with E-state index in [-0.39, 0.29) is 18.3 Å². The molecular formula is C7H11F2N. The lowest BCUT2D eigenvalue weighted by Gasteiger charge is -2.45. The first kappa shape index (κ1) is 6.53. The Hall–Kier alpha value is -0.180. The van der Waals surface area contributed by atoms with E-state index in [9.17, 15) is 8.78 Å². The molecule has 1 aliphatic carbocycles. The molecule has 0 radical (unpaired) electrons. The van der Waals surface area contributed by atoms with Gasteiger partial charge in [-0.3, -0.25) is 0 Å². The minimum Gasteiger partial charge on any atom is -0.316 e. The summed E-state index contributed by atoms with van der Waals surface area (Å²) in [5, 5.41) is 3.01. The second-order valence-electron chi connectivity index (χ2n) is 3.32. The lowest BCUT2D eigenvalue weighted by Crippen LogP contribution is -2.55. The molecular weight excluding hydrogens is 136 g/mol. The van der Waals surface area contributed by atoms with Gasteiger partial charge in [0.25, 0.3) is 5.92 Å². The van der Waals surface area contributed by atoms with E-state index in [1.165, 1.54) is 0 Å². The largest absolute Gasteiger partial charge is 0.316 e. The zero-order valence-electron chi connectivity index (χ0n) is 5.74. The Labute approximate surface area is 58.8 Å². The van der Waals surface area contributed by atoms with E-state index in [2.05, 4.69) is 5.32 Å². The van der Waals surface area contributed by atoms with Gasteiger partial charge < -0.3 is 5.32 Å². The monoisotopic (exact) mass is 147 g/mol. The fourth-order valence-electron chi connectivity index (χ4n) is 1.71. The molecule has 1 aliphatic heterocycles. The number of alkyl halides is 2. The summed E-state index contributed by atoms with van der Waals surface area (Å²) in [4.78, 5) is 0. The fraction of sp³-hybridized carbons (Fsp3) is 1.00. The van der Waals surface area contributed by atoms with Crippen molar-refractivity contribution in [2.75, 3.05) is 13.1 Å². The summed E-state index contributed by atoms with van der Waals surface area (Å²) in [5.74, 6) is -2.36. The van der Waals surface area contributed by atoms with Crippen molar-refractivity contribution in [2.24, 2.45) is 11.8 Å². The smallest absolute Gasteiger partial charge is 0.251 e. The molecule has 1 atom stereocenters. The topological polar surface area (TPSA) is 12.0 Å². The molecule has 2 aliphatic rings. The van der Waals surface area contributed by atoms with Crippen LogP contribution >= 0.6 is 0 Å². The third-order valence-corrected chi connectivity index (χ3v) is 2.71. The lowest BCUT2D eigenvalue weighted by atomic mass is 9.70. The molecule has 58 valence electrons. The summed E-state index contributed by atoms with van der Waals surface area (Å²) in [6, 6.07) is 0. The molecule has 1 N–H and O–H groups in total. The highest BCUT2D eigenvalue weighted by atomic mass is 19.3. The van der Waals surface area contributed by atoms with E-state index in [0.29, 0.717) is 0 Å². The van der Waals surface area contributed by atoms with Gasteiger partial charge in [-0.15, -0.1) is 0 Å². The maximum absolute atomic E-state index is 12.6. The van der Waals surface area contributed by atoms with Crippen molar-refractivity contribution < 1.29 is 8.78 Å². The number of rotatable bonds is 1. The molecule has 0 spiro atoms. The Bertz CT molecular complexity index is 143. The molecule has 0 aromatic rings. The predicted octanol–water partition coefficient (Wildman–Crippen LogP) is 1.25. The summed E-state index contributed by atoms with van der Waals surface area (Å²) in [5.41, 5.74) is 0. The van der Waals surface area contributed by atoms with E-state index in [1.54, 1.807) is 0 Å². The summed E-state index contributed by atoms with van der Waals surface area (Å²) in [7, 11) is 0. The summed E-state index contributed by atoms with van der Waals surface area (Å²) in [6.45, 7) is 1.61. The number of nitrogens with one attached hydrogen (secondary N) is 1. The van der Waals surface area contributed by atoms with Crippen molar-refractivity contribution in [2.45, 2.75) is 18.8 Å². The van der Waals surface area contributed by atoms with Crippen LogP contribution in [0.1, 0.15) is 12.8 Å². The Balaban J connectivity index is 1.93. The second-order valence-corrected chi connectivity index (χ2v) is 3.32. The van der Waals surface area contributed by atoms with Crippen LogP contribution in [0, 0.1) is 11.8 Å². The molecule has 1 nitrogen and oxygen atoms in total. The molecule has 0 aromatic heterocycles. The van der Waals surface area contributed by atoms with Gasteiger partial charge in [0.05, 0.1) is 0 Å². The van der Waals surface area contributed by atoms with Crippen LogP contribution in [-0.4, -0.2) is 19.0 Å². The van der Waals surface area contributed by atoms with Gasteiger partial charge in [0.1, 0.15) is 0 Å². The van der Waals surface area contributed by atoms with Gasteiger partial charge in [-0.2, -0.15) is 0 Å². The van der Waals surface area contributed by atoms with Crippen molar-refractivity contribution in [3.8, 4) is 0 Å². The van der Waals surface area contributed by atoms with Crippen LogP contribution in [0.3, 0.4) is 0 Å². The van der Waals surface area contributed by atoms with Crippen LogP contribution in [0.5, 0.6) is 0 Å². The van der Waals surface area contributed by atoms with Crippen molar-refractivity contribution >= 4 is 0 Å². The predicted molar refractivity (Wildman–Crippen MR) is 34.0 cm³/mol. The molecule has 2 rings (SSSR count). The summed E-state index contributed by atoms with van der Waals surface area (Å²) >= 11 is 0. The van der Waals surface area contributed by atoms with Crippen LogP contribution in [0.25, 0.3) is 0 Å². The van der Waals surface area contributed by atoms with Gasteiger partial charge in [0, 0.05) is 12.3 Å². The molecule has 1 saturated heterocycles. The quantitative estimate of drug-likeness (QED) is 0.588. The molecule has 0 aromatic carbocycles. The second kappa shape index (κ2) is 1.91. The van der Waals surface area contributed by atoms with Gasteiger partial charge in [-0.05, 0) is 25.4 Å². The molecule has 0 amide bonds. The van der Waals surface area contributed by atoms with Crippen LogP contribution in [0.4, 0.5) is 8.78 Å². The van der Waals surface area contributed by atoms with Gasteiger partial charge >= 0.3 is 0 Å². The standard InChI is InChI=1S/C7H11F2N/c8-7(9)2-1-6(7)5-3-10-4-5/h5-6,10H,1-4H2. The Morgan fingerprint density at radius 3 is 2.10 bits per heavy atom. The van der Waals surface area contributed by atoms with E-state index in [1.807, 2.05) is 0 Å². The van der Waals surface area contributed by atoms with E-state index < -0.39 is 5.92 Å². The van der Waals surface area contributed by atoms with Gasteiger partial charge in [0.2, 0.25) is 0 Å². The maximum atomic E-state index is 12.6. The fourth-order valence-corrected chi connectivity index (χ4v) is 1.71. The van der Waals surface area contributed by atoms with Gasteiger partial charge in [0.15, 0.2) is 0 Å². The molecule has 1 saturated carbocycles. The van der Waals surface area contributed by atoms with E-state index >= 15 is 0 Å². The first-order valence-corrected chi connectivity index (χ1v) is 3.79. The van der Waals surface area contributed by atoms with Crippen molar-refractivity contribution in [3.63, 3.8) is 0 Å². The minimum absolute atomic E-state index is 0.119. The summed E-state index contributed by atoms with van der Waals surface area (Å²) < 4.78 is 25.3. The number of halogens is 2. The highest BCUT2D eigenvalue weighted by molar-refractivity contribution is 4.96. The average molecular weight is 147 g/mol. The highest BCUT2D eigenvalue weighted by Crippen LogP contribution is 2.48.